The van der Waals surface area contributed by atoms with E-state index in [4.69, 9.17) is 0 Å². The summed E-state index contributed by atoms with van der Waals surface area (Å²) in [4.78, 5) is 2.70. The molecule has 0 aromatic carbocycles. The first-order chi connectivity index (χ1) is 8.17. The molecule has 1 atom stereocenters. The molecule has 1 spiro atoms. The molecule has 0 bridgehead atoms. The van der Waals surface area contributed by atoms with E-state index in [0.717, 1.165) is 12.5 Å². The summed E-state index contributed by atoms with van der Waals surface area (Å²) in [6.07, 6.45) is 10.1. The predicted molar refractivity (Wildman–Crippen MR) is 74.2 cm³/mol. The molecule has 98 valence electrons. The maximum atomic E-state index is 3.87. The molecule has 2 fully saturated rings. The highest BCUT2D eigenvalue weighted by molar-refractivity contribution is 5.02. The zero-order valence-electron chi connectivity index (χ0n) is 11.7. The summed E-state index contributed by atoms with van der Waals surface area (Å²) in [6.45, 7) is 10.4. The van der Waals surface area contributed by atoms with E-state index in [2.05, 4.69) is 43.1 Å². The van der Waals surface area contributed by atoms with Crippen molar-refractivity contribution >= 4 is 0 Å². The van der Waals surface area contributed by atoms with Gasteiger partial charge in [0.15, 0.2) is 0 Å². The Balaban J connectivity index is 2.03. The van der Waals surface area contributed by atoms with Gasteiger partial charge in [-0.05, 0) is 25.7 Å². The summed E-state index contributed by atoms with van der Waals surface area (Å²) in [7, 11) is 0. The Labute approximate surface area is 106 Å². The molecule has 1 heterocycles. The fraction of sp³-hybridized carbons (Fsp3) is 0.867. The van der Waals surface area contributed by atoms with Crippen molar-refractivity contribution in [3.63, 3.8) is 0 Å². The number of hydrogen-bond donors (Lipinski definition) is 1. The van der Waals surface area contributed by atoms with Crippen molar-refractivity contribution in [1.29, 1.82) is 0 Å². The molecule has 0 radical (unpaired) electrons. The fourth-order valence-electron chi connectivity index (χ4n) is 3.50. The molecular formula is C15H28N2. The molecule has 1 aliphatic heterocycles. The minimum Gasteiger partial charge on any atom is -0.308 e. The minimum atomic E-state index is 0.451. The van der Waals surface area contributed by atoms with E-state index < -0.39 is 0 Å². The third kappa shape index (κ3) is 2.92. The van der Waals surface area contributed by atoms with E-state index in [1.165, 1.54) is 38.8 Å². The zero-order valence-corrected chi connectivity index (χ0v) is 11.7. The van der Waals surface area contributed by atoms with Gasteiger partial charge in [-0.1, -0.05) is 38.8 Å². The van der Waals surface area contributed by atoms with Gasteiger partial charge in [0.1, 0.15) is 0 Å². The van der Waals surface area contributed by atoms with Crippen molar-refractivity contribution in [2.24, 2.45) is 5.92 Å². The fourth-order valence-corrected chi connectivity index (χ4v) is 3.50. The van der Waals surface area contributed by atoms with Crippen LogP contribution in [0.2, 0.25) is 0 Å². The Morgan fingerprint density at radius 1 is 1.35 bits per heavy atom. The Morgan fingerprint density at radius 3 is 2.65 bits per heavy atom. The number of hydrogen-bond acceptors (Lipinski definition) is 2. The molecule has 1 unspecified atom stereocenters. The molecule has 1 saturated carbocycles. The molecule has 1 N–H and O–H groups in total. The molecule has 2 heteroatoms. The Morgan fingerprint density at radius 2 is 2.06 bits per heavy atom. The van der Waals surface area contributed by atoms with E-state index in [9.17, 15) is 0 Å². The van der Waals surface area contributed by atoms with Crippen LogP contribution < -0.4 is 5.32 Å². The zero-order chi connectivity index (χ0) is 12.3. The Hall–Kier alpha value is -0.340. The maximum absolute atomic E-state index is 3.87. The first kappa shape index (κ1) is 13.1. The van der Waals surface area contributed by atoms with Crippen molar-refractivity contribution in [3.05, 3.63) is 12.2 Å². The van der Waals surface area contributed by atoms with E-state index >= 15 is 0 Å². The maximum Gasteiger partial charge on any atom is 0.0309 e. The number of allylic oxidation sites excluding steroid dienone is 1. The van der Waals surface area contributed by atoms with Gasteiger partial charge in [-0.25, -0.2) is 0 Å². The van der Waals surface area contributed by atoms with Crippen molar-refractivity contribution in [1.82, 2.24) is 10.2 Å². The van der Waals surface area contributed by atoms with Crippen LogP contribution in [0.25, 0.3) is 0 Å². The summed E-state index contributed by atoms with van der Waals surface area (Å²) in [6, 6.07) is 0.706. The number of nitrogens with one attached hydrogen (secondary N) is 1. The van der Waals surface area contributed by atoms with Gasteiger partial charge in [0, 0.05) is 31.2 Å². The molecule has 17 heavy (non-hydrogen) atoms. The van der Waals surface area contributed by atoms with Gasteiger partial charge in [-0.2, -0.15) is 0 Å². The second-order valence-electron chi connectivity index (χ2n) is 6.18. The highest BCUT2D eigenvalue weighted by Gasteiger charge is 2.41. The molecule has 0 aromatic heterocycles. The third-order valence-corrected chi connectivity index (χ3v) is 4.57. The minimum absolute atomic E-state index is 0.451. The van der Waals surface area contributed by atoms with Gasteiger partial charge in [0.05, 0.1) is 0 Å². The van der Waals surface area contributed by atoms with Crippen molar-refractivity contribution in [2.45, 2.75) is 58.0 Å². The number of nitrogens with zero attached hydrogens (tertiary/aromatic N) is 1. The van der Waals surface area contributed by atoms with Crippen LogP contribution in [0.3, 0.4) is 0 Å². The van der Waals surface area contributed by atoms with Crippen LogP contribution in [-0.4, -0.2) is 36.1 Å². The summed E-state index contributed by atoms with van der Waals surface area (Å²) in [5.74, 6) is 0.742. The molecule has 2 nitrogen and oxygen atoms in total. The lowest BCUT2D eigenvalue weighted by molar-refractivity contribution is 0.0672. The first-order valence-electron chi connectivity index (χ1n) is 7.27. The number of rotatable bonds is 3. The van der Waals surface area contributed by atoms with Gasteiger partial charge >= 0.3 is 0 Å². The van der Waals surface area contributed by atoms with E-state index in [1.54, 1.807) is 0 Å². The lowest BCUT2D eigenvalue weighted by Gasteiger charge is -2.47. The smallest absolute Gasteiger partial charge is 0.0309 e. The lowest BCUT2D eigenvalue weighted by atomic mass is 9.89. The van der Waals surface area contributed by atoms with Crippen molar-refractivity contribution < 1.29 is 0 Å². The summed E-state index contributed by atoms with van der Waals surface area (Å²) in [5, 5.41) is 3.87. The number of piperazine rings is 1. The largest absolute Gasteiger partial charge is 0.308 e. The Kier molecular flexibility index (Phi) is 4.26. The van der Waals surface area contributed by atoms with Crippen LogP contribution in [0.15, 0.2) is 12.2 Å². The normalized spacial score (nSPS) is 29.8. The second-order valence-corrected chi connectivity index (χ2v) is 6.18. The molecular weight excluding hydrogens is 208 g/mol. The first-order valence-corrected chi connectivity index (χ1v) is 7.27. The summed E-state index contributed by atoms with van der Waals surface area (Å²) >= 11 is 0. The van der Waals surface area contributed by atoms with E-state index in [-0.39, 0.29) is 0 Å². The van der Waals surface area contributed by atoms with Crippen LogP contribution >= 0.6 is 0 Å². The van der Waals surface area contributed by atoms with Crippen LogP contribution in [-0.2, 0) is 0 Å². The van der Waals surface area contributed by atoms with Gasteiger partial charge in [0.2, 0.25) is 0 Å². The van der Waals surface area contributed by atoms with Crippen molar-refractivity contribution in [2.75, 3.05) is 19.6 Å². The van der Waals surface area contributed by atoms with E-state index in [1.807, 2.05) is 0 Å². The quantitative estimate of drug-likeness (QED) is 0.758. The van der Waals surface area contributed by atoms with Gasteiger partial charge < -0.3 is 5.32 Å². The van der Waals surface area contributed by atoms with Gasteiger partial charge in [-0.3, -0.25) is 4.90 Å². The second kappa shape index (κ2) is 5.53. The predicted octanol–water partition coefficient (Wildman–Crippen LogP) is 2.81. The topological polar surface area (TPSA) is 15.3 Å². The highest BCUT2D eigenvalue weighted by Crippen LogP contribution is 2.34. The van der Waals surface area contributed by atoms with Gasteiger partial charge in [-0.15, -0.1) is 0 Å². The molecule has 1 saturated heterocycles. The van der Waals surface area contributed by atoms with E-state index in [0.29, 0.717) is 11.6 Å². The average molecular weight is 236 g/mol. The lowest BCUT2D eigenvalue weighted by Crippen LogP contribution is -2.64. The van der Waals surface area contributed by atoms with Crippen LogP contribution in [0.5, 0.6) is 0 Å². The van der Waals surface area contributed by atoms with Crippen LogP contribution in [0.4, 0.5) is 0 Å². The van der Waals surface area contributed by atoms with Crippen LogP contribution in [0, 0.1) is 5.92 Å². The molecule has 2 rings (SSSR count). The van der Waals surface area contributed by atoms with Crippen LogP contribution in [0.1, 0.15) is 46.5 Å². The molecule has 0 amide bonds. The molecule has 2 aliphatic rings. The standard InChI is InChI=1S/C15H28N2/c1-4-5-10-17-12-15(8-6-7-9-15)16-11-14(17)13(2)3/h4-5,13-14,16H,6-12H2,1-3H3/b5-4+. The highest BCUT2D eigenvalue weighted by atomic mass is 15.3. The molecule has 0 aromatic rings. The average Bonchev–Trinajstić information content (AvgIpc) is 2.74. The molecule has 1 aliphatic carbocycles. The summed E-state index contributed by atoms with van der Waals surface area (Å²) < 4.78 is 0. The monoisotopic (exact) mass is 236 g/mol. The van der Waals surface area contributed by atoms with Gasteiger partial charge in [0.25, 0.3) is 0 Å². The summed E-state index contributed by atoms with van der Waals surface area (Å²) in [5.41, 5.74) is 0.451. The SMILES string of the molecule is C/C=C/CN1CC2(CCCC2)NCC1C(C)C. The third-order valence-electron chi connectivity index (χ3n) is 4.57. The van der Waals surface area contributed by atoms with Crippen molar-refractivity contribution in [3.8, 4) is 0 Å². The Bertz CT molecular complexity index is 264.